The number of amides is 1. The van der Waals surface area contributed by atoms with E-state index in [1.165, 1.54) is 6.07 Å². The highest BCUT2D eigenvalue weighted by Crippen LogP contribution is 2.17. The Morgan fingerprint density at radius 2 is 2.33 bits per heavy atom. The predicted octanol–water partition coefficient (Wildman–Crippen LogP) is 2.06. The molecule has 1 aliphatic rings. The van der Waals surface area contributed by atoms with E-state index in [9.17, 15) is 9.18 Å². The van der Waals surface area contributed by atoms with Gasteiger partial charge < -0.3 is 10.6 Å². The van der Waals surface area contributed by atoms with E-state index in [2.05, 4.69) is 10.6 Å². The van der Waals surface area contributed by atoms with E-state index in [1.54, 1.807) is 13.0 Å². The number of rotatable bonds is 3. The van der Waals surface area contributed by atoms with E-state index in [-0.39, 0.29) is 23.8 Å². The molecule has 0 radical (unpaired) electrons. The maximum absolute atomic E-state index is 13.5. The molecule has 0 saturated carbocycles. The first kappa shape index (κ1) is 13.0. The van der Waals surface area contributed by atoms with Crippen molar-refractivity contribution < 1.29 is 9.18 Å². The minimum atomic E-state index is -0.229. The number of aryl methyl sites for hydroxylation is 1. The van der Waals surface area contributed by atoms with Gasteiger partial charge in [-0.3, -0.25) is 4.79 Å². The first-order chi connectivity index (χ1) is 8.58. The summed E-state index contributed by atoms with van der Waals surface area (Å²) in [5, 5.41) is 6.06. The van der Waals surface area contributed by atoms with Crippen LogP contribution in [0, 0.1) is 12.7 Å². The largest absolute Gasteiger partial charge is 0.348 e. The molecule has 1 aromatic carbocycles. The second kappa shape index (κ2) is 5.48. The third-order valence-corrected chi connectivity index (χ3v) is 3.43. The monoisotopic (exact) mass is 250 g/mol. The molecular formula is C14H19FN2O. The Balaban J connectivity index is 2.00. The van der Waals surface area contributed by atoms with Crippen molar-refractivity contribution >= 4 is 5.91 Å². The SMILES string of the molecule is Cc1ccc(C(C)NC(=O)C2CCCN2)cc1F. The van der Waals surface area contributed by atoms with Crippen LogP contribution in [-0.4, -0.2) is 18.5 Å². The van der Waals surface area contributed by atoms with Crippen molar-refractivity contribution in [3.8, 4) is 0 Å². The number of carbonyl (C=O) groups excluding carboxylic acids is 1. The Bertz CT molecular complexity index is 441. The molecule has 18 heavy (non-hydrogen) atoms. The molecule has 1 saturated heterocycles. The van der Waals surface area contributed by atoms with Gasteiger partial charge in [-0.25, -0.2) is 4.39 Å². The lowest BCUT2D eigenvalue weighted by Crippen LogP contribution is -2.41. The first-order valence-corrected chi connectivity index (χ1v) is 6.37. The minimum absolute atomic E-state index is 0.000910. The van der Waals surface area contributed by atoms with Gasteiger partial charge >= 0.3 is 0 Å². The van der Waals surface area contributed by atoms with Gasteiger partial charge in [0.2, 0.25) is 5.91 Å². The standard InChI is InChI=1S/C14H19FN2O/c1-9-5-6-11(8-12(9)15)10(2)17-14(18)13-4-3-7-16-13/h5-6,8,10,13,16H,3-4,7H2,1-2H3,(H,17,18). The molecule has 2 rings (SSSR count). The topological polar surface area (TPSA) is 41.1 Å². The highest BCUT2D eigenvalue weighted by molar-refractivity contribution is 5.82. The Kier molecular flexibility index (Phi) is 3.97. The molecule has 0 aliphatic carbocycles. The molecule has 2 N–H and O–H groups in total. The summed E-state index contributed by atoms with van der Waals surface area (Å²) in [6, 6.07) is 4.81. The molecule has 0 spiro atoms. The number of nitrogens with one attached hydrogen (secondary N) is 2. The molecule has 1 amide bonds. The molecule has 1 aromatic rings. The van der Waals surface area contributed by atoms with Gasteiger partial charge in [-0.2, -0.15) is 0 Å². The number of carbonyl (C=O) groups is 1. The highest BCUT2D eigenvalue weighted by Gasteiger charge is 2.23. The molecule has 1 fully saturated rings. The van der Waals surface area contributed by atoms with Crippen molar-refractivity contribution in [1.29, 1.82) is 0 Å². The second-order valence-corrected chi connectivity index (χ2v) is 4.89. The van der Waals surface area contributed by atoms with E-state index in [0.717, 1.165) is 24.9 Å². The minimum Gasteiger partial charge on any atom is -0.348 e. The van der Waals surface area contributed by atoms with E-state index in [0.29, 0.717) is 5.56 Å². The van der Waals surface area contributed by atoms with Crippen molar-refractivity contribution in [2.75, 3.05) is 6.54 Å². The van der Waals surface area contributed by atoms with Gasteiger partial charge in [-0.05, 0) is 50.4 Å². The number of hydrogen-bond acceptors (Lipinski definition) is 2. The molecule has 2 unspecified atom stereocenters. The van der Waals surface area contributed by atoms with E-state index < -0.39 is 0 Å². The lowest BCUT2D eigenvalue weighted by atomic mass is 10.1. The Morgan fingerprint density at radius 3 is 2.94 bits per heavy atom. The summed E-state index contributed by atoms with van der Waals surface area (Å²) in [5.41, 5.74) is 1.42. The third-order valence-electron chi connectivity index (χ3n) is 3.43. The summed E-state index contributed by atoms with van der Waals surface area (Å²) in [4.78, 5) is 11.9. The average molecular weight is 250 g/mol. The van der Waals surface area contributed by atoms with Gasteiger partial charge in [0.15, 0.2) is 0 Å². The fourth-order valence-electron chi connectivity index (χ4n) is 2.18. The van der Waals surface area contributed by atoms with Crippen molar-refractivity contribution in [3.63, 3.8) is 0 Å². The lowest BCUT2D eigenvalue weighted by Gasteiger charge is -2.18. The van der Waals surface area contributed by atoms with Gasteiger partial charge in [0.25, 0.3) is 0 Å². The zero-order valence-corrected chi connectivity index (χ0v) is 10.8. The molecular weight excluding hydrogens is 231 g/mol. The van der Waals surface area contributed by atoms with Gasteiger partial charge in [-0.15, -0.1) is 0 Å². The van der Waals surface area contributed by atoms with E-state index in [4.69, 9.17) is 0 Å². The van der Waals surface area contributed by atoms with Crippen LogP contribution in [0.15, 0.2) is 18.2 Å². The van der Waals surface area contributed by atoms with Crippen LogP contribution >= 0.6 is 0 Å². The molecule has 0 bridgehead atoms. The fourth-order valence-corrected chi connectivity index (χ4v) is 2.18. The van der Waals surface area contributed by atoms with Gasteiger partial charge in [0.1, 0.15) is 5.82 Å². The molecule has 1 heterocycles. The molecule has 4 heteroatoms. The second-order valence-electron chi connectivity index (χ2n) is 4.89. The van der Waals surface area contributed by atoms with Crippen molar-refractivity contribution in [1.82, 2.24) is 10.6 Å². The number of hydrogen-bond donors (Lipinski definition) is 2. The number of benzene rings is 1. The molecule has 1 aliphatic heterocycles. The Labute approximate surface area is 107 Å². The highest BCUT2D eigenvalue weighted by atomic mass is 19.1. The molecule has 2 atom stereocenters. The maximum atomic E-state index is 13.5. The predicted molar refractivity (Wildman–Crippen MR) is 68.7 cm³/mol. The summed E-state index contributed by atoms with van der Waals surface area (Å²) in [6.07, 6.45) is 1.91. The van der Waals surface area contributed by atoms with Crippen LogP contribution in [0.3, 0.4) is 0 Å². The van der Waals surface area contributed by atoms with Crippen LogP contribution in [0.5, 0.6) is 0 Å². The quantitative estimate of drug-likeness (QED) is 0.862. The van der Waals surface area contributed by atoms with E-state index in [1.807, 2.05) is 13.0 Å². The molecule has 0 aromatic heterocycles. The molecule has 98 valence electrons. The van der Waals surface area contributed by atoms with Crippen molar-refractivity contribution in [2.24, 2.45) is 0 Å². The maximum Gasteiger partial charge on any atom is 0.237 e. The Hall–Kier alpha value is -1.42. The third kappa shape index (κ3) is 2.88. The first-order valence-electron chi connectivity index (χ1n) is 6.37. The van der Waals surface area contributed by atoms with Crippen LogP contribution < -0.4 is 10.6 Å². The zero-order valence-electron chi connectivity index (χ0n) is 10.8. The van der Waals surface area contributed by atoms with Crippen molar-refractivity contribution in [2.45, 2.75) is 38.8 Å². The van der Waals surface area contributed by atoms with Crippen LogP contribution in [-0.2, 0) is 4.79 Å². The van der Waals surface area contributed by atoms with E-state index >= 15 is 0 Å². The molecule has 3 nitrogen and oxygen atoms in total. The van der Waals surface area contributed by atoms with Crippen LogP contribution in [0.2, 0.25) is 0 Å². The summed E-state index contributed by atoms with van der Waals surface area (Å²) in [6.45, 7) is 4.49. The van der Waals surface area contributed by atoms with Gasteiger partial charge in [-0.1, -0.05) is 12.1 Å². The van der Waals surface area contributed by atoms with Crippen LogP contribution in [0.1, 0.15) is 36.9 Å². The fraction of sp³-hybridized carbons (Fsp3) is 0.500. The summed E-state index contributed by atoms with van der Waals surface area (Å²) in [7, 11) is 0. The summed E-state index contributed by atoms with van der Waals surface area (Å²) in [5.74, 6) is -0.228. The van der Waals surface area contributed by atoms with Crippen LogP contribution in [0.25, 0.3) is 0 Å². The smallest absolute Gasteiger partial charge is 0.237 e. The van der Waals surface area contributed by atoms with Crippen molar-refractivity contribution in [3.05, 3.63) is 35.1 Å². The number of halogens is 1. The Morgan fingerprint density at radius 1 is 1.56 bits per heavy atom. The normalized spacial score (nSPS) is 20.7. The summed E-state index contributed by atoms with van der Waals surface area (Å²) < 4.78 is 13.5. The lowest BCUT2D eigenvalue weighted by molar-refractivity contribution is -0.123. The van der Waals surface area contributed by atoms with Gasteiger partial charge in [0, 0.05) is 0 Å². The zero-order chi connectivity index (χ0) is 13.1. The average Bonchev–Trinajstić information content (AvgIpc) is 2.86. The van der Waals surface area contributed by atoms with Crippen LogP contribution in [0.4, 0.5) is 4.39 Å². The summed E-state index contributed by atoms with van der Waals surface area (Å²) >= 11 is 0. The van der Waals surface area contributed by atoms with Gasteiger partial charge in [0.05, 0.1) is 12.1 Å².